The molecule has 0 aromatic heterocycles. The van der Waals surface area contributed by atoms with Crippen LogP contribution in [0.2, 0.25) is 0 Å². The number of carbonyl (C=O) groups is 2. The molecule has 0 saturated carbocycles. The van der Waals surface area contributed by atoms with Gasteiger partial charge in [0, 0.05) is 19.5 Å². The Morgan fingerprint density at radius 3 is 2.33 bits per heavy atom. The van der Waals surface area contributed by atoms with Gasteiger partial charge in [-0.05, 0) is 55.0 Å². The third-order valence-electron chi connectivity index (χ3n) is 3.09. The Hall–Kier alpha value is -1.31. The molecule has 126 valence electrons. The molecule has 0 bridgehead atoms. The predicted octanol–water partition coefficient (Wildman–Crippen LogP) is 4.37. The summed E-state index contributed by atoms with van der Waals surface area (Å²) in [5.74, 6) is -0.153. The van der Waals surface area contributed by atoms with Crippen molar-refractivity contribution in [3.8, 4) is 0 Å². The number of anilines is 1. The van der Waals surface area contributed by atoms with Gasteiger partial charge >= 0.3 is 0 Å². The van der Waals surface area contributed by atoms with Crippen LogP contribution < -0.4 is 10.6 Å². The molecule has 0 spiro atoms. The van der Waals surface area contributed by atoms with Crippen LogP contribution in [0.1, 0.15) is 5.56 Å². The van der Waals surface area contributed by atoms with Crippen LogP contribution in [0, 0.1) is 6.92 Å². The number of aryl methyl sites for hydroxylation is 1. The first-order chi connectivity index (χ1) is 11.4. The van der Waals surface area contributed by atoms with Gasteiger partial charge in [0.1, 0.15) is 0 Å². The van der Waals surface area contributed by atoms with E-state index in [1.807, 2.05) is 49.4 Å². The van der Waals surface area contributed by atoms with Crippen LogP contribution >= 0.6 is 43.6 Å². The largest absolute Gasteiger partial charge is 0.346 e. The Bertz CT molecular complexity index is 736. The zero-order chi connectivity index (χ0) is 17.5. The first-order valence-corrected chi connectivity index (χ1v) is 9.72. The fourth-order valence-electron chi connectivity index (χ4n) is 1.87. The van der Waals surface area contributed by atoms with Gasteiger partial charge in [0.05, 0.1) is 12.3 Å². The number of halogens is 2. The van der Waals surface area contributed by atoms with Crippen molar-refractivity contribution in [3.05, 3.63) is 57.0 Å². The van der Waals surface area contributed by atoms with Gasteiger partial charge in [0.15, 0.2) is 0 Å². The maximum atomic E-state index is 11.9. The van der Waals surface area contributed by atoms with Crippen molar-refractivity contribution < 1.29 is 9.59 Å². The van der Waals surface area contributed by atoms with Crippen LogP contribution in [-0.2, 0) is 9.59 Å². The molecule has 2 aromatic carbocycles. The van der Waals surface area contributed by atoms with E-state index >= 15 is 0 Å². The maximum Gasteiger partial charge on any atom is 0.243 e. The minimum absolute atomic E-state index is 0.0464. The van der Waals surface area contributed by atoms with E-state index in [9.17, 15) is 9.59 Å². The molecule has 4 nitrogen and oxygen atoms in total. The SMILES string of the molecule is Cc1cc(Br)ccc1NC(=O)CNC(=O)CSc1ccc(Br)cc1. The lowest BCUT2D eigenvalue weighted by atomic mass is 10.2. The number of rotatable bonds is 6. The maximum absolute atomic E-state index is 11.9. The molecule has 0 aliphatic rings. The Morgan fingerprint density at radius 2 is 1.67 bits per heavy atom. The van der Waals surface area contributed by atoms with Crippen LogP contribution in [0.3, 0.4) is 0 Å². The van der Waals surface area contributed by atoms with Crippen molar-refractivity contribution in [1.29, 1.82) is 0 Å². The van der Waals surface area contributed by atoms with Crippen LogP contribution in [-0.4, -0.2) is 24.1 Å². The average molecular weight is 472 g/mol. The molecule has 0 unspecified atom stereocenters. The lowest BCUT2D eigenvalue weighted by Gasteiger charge is -2.09. The second-order valence-electron chi connectivity index (χ2n) is 5.03. The number of hydrogen-bond acceptors (Lipinski definition) is 3. The van der Waals surface area contributed by atoms with Gasteiger partial charge < -0.3 is 10.6 Å². The van der Waals surface area contributed by atoms with Crippen LogP contribution in [0.5, 0.6) is 0 Å². The van der Waals surface area contributed by atoms with Crippen molar-refractivity contribution in [2.24, 2.45) is 0 Å². The van der Waals surface area contributed by atoms with Crippen LogP contribution in [0.15, 0.2) is 56.3 Å². The zero-order valence-corrected chi connectivity index (χ0v) is 16.9. The van der Waals surface area contributed by atoms with Gasteiger partial charge in [-0.3, -0.25) is 9.59 Å². The van der Waals surface area contributed by atoms with Crippen LogP contribution in [0.4, 0.5) is 5.69 Å². The summed E-state index contributed by atoms with van der Waals surface area (Å²) in [6, 6.07) is 13.3. The van der Waals surface area contributed by atoms with Gasteiger partial charge in [-0.25, -0.2) is 0 Å². The van der Waals surface area contributed by atoms with Crippen molar-refractivity contribution in [2.75, 3.05) is 17.6 Å². The molecule has 0 heterocycles. The van der Waals surface area contributed by atoms with E-state index < -0.39 is 0 Å². The second kappa shape index (κ2) is 9.25. The van der Waals surface area contributed by atoms with Gasteiger partial charge in [-0.1, -0.05) is 31.9 Å². The van der Waals surface area contributed by atoms with Crippen molar-refractivity contribution >= 4 is 61.1 Å². The minimum atomic E-state index is -0.248. The van der Waals surface area contributed by atoms with E-state index in [4.69, 9.17) is 0 Å². The molecular weight excluding hydrogens is 456 g/mol. The first kappa shape index (κ1) is 19.0. The molecule has 0 fully saturated rings. The standard InChI is InChI=1S/C17H16Br2N2O2S/c1-11-8-13(19)4-7-15(11)21-16(22)9-20-17(23)10-24-14-5-2-12(18)3-6-14/h2-8H,9-10H2,1H3,(H,20,23)(H,21,22). The number of hydrogen-bond donors (Lipinski definition) is 2. The normalized spacial score (nSPS) is 10.3. The molecule has 2 amide bonds. The van der Waals surface area contributed by atoms with Gasteiger partial charge in [0.25, 0.3) is 0 Å². The van der Waals surface area contributed by atoms with E-state index in [-0.39, 0.29) is 24.1 Å². The number of amides is 2. The van der Waals surface area contributed by atoms with E-state index in [1.54, 1.807) is 0 Å². The smallest absolute Gasteiger partial charge is 0.243 e. The van der Waals surface area contributed by atoms with Crippen LogP contribution in [0.25, 0.3) is 0 Å². The summed E-state index contributed by atoms with van der Waals surface area (Å²) < 4.78 is 1.95. The van der Waals surface area contributed by atoms with E-state index in [2.05, 4.69) is 42.5 Å². The van der Waals surface area contributed by atoms with Crippen molar-refractivity contribution in [2.45, 2.75) is 11.8 Å². The summed E-state index contributed by atoms with van der Waals surface area (Å²) in [5.41, 5.74) is 1.69. The molecule has 2 aromatic rings. The van der Waals surface area contributed by atoms with E-state index in [0.717, 1.165) is 25.1 Å². The molecular formula is C17H16Br2N2O2S. The summed E-state index contributed by atoms with van der Waals surface area (Å²) >= 11 is 8.17. The lowest BCUT2D eigenvalue weighted by Crippen LogP contribution is -2.34. The van der Waals surface area contributed by atoms with E-state index in [1.165, 1.54) is 11.8 Å². The Morgan fingerprint density at radius 1 is 1.00 bits per heavy atom. The summed E-state index contributed by atoms with van der Waals surface area (Å²) in [7, 11) is 0. The number of nitrogens with one attached hydrogen (secondary N) is 2. The molecule has 0 aliphatic heterocycles. The number of benzene rings is 2. The Kier molecular flexibility index (Phi) is 7.33. The van der Waals surface area contributed by atoms with Crippen molar-refractivity contribution in [1.82, 2.24) is 5.32 Å². The summed E-state index contributed by atoms with van der Waals surface area (Å²) in [4.78, 5) is 24.7. The monoisotopic (exact) mass is 470 g/mol. The molecule has 2 rings (SSSR count). The molecule has 7 heteroatoms. The van der Waals surface area contributed by atoms with Gasteiger partial charge in [-0.15, -0.1) is 11.8 Å². The topological polar surface area (TPSA) is 58.2 Å². The highest BCUT2D eigenvalue weighted by Gasteiger charge is 2.08. The van der Waals surface area contributed by atoms with Gasteiger partial charge in [-0.2, -0.15) is 0 Å². The van der Waals surface area contributed by atoms with Gasteiger partial charge in [0.2, 0.25) is 11.8 Å². The second-order valence-corrected chi connectivity index (χ2v) is 7.91. The fraction of sp³-hybridized carbons (Fsp3) is 0.176. The predicted molar refractivity (Wildman–Crippen MR) is 105 cm³/mol. The quantitative estimate of drug-likeness (QED) is 0.615. The molecule has 24 heavy (non-hydrogen) atoms. The third kappa shape index (κ3) is 6.30. The zero-order valence-electron chi connectivity index (χ0n) is 12.9. The third-order valence-corrected chi connectivity index (χ3v) is 5.13. The summed E-state index contributed by atoms with van der Waals surface area (Å²) in [6.45, 7) is 1.86. The van der Waals surface area contributed by atoms with E-state index in [0.29, 0.717) is 0 Å². The highest BCUT2D eigenvalue weighted by molar-refractivity contribution is 9.10. The lowest BCUT2D eigenvalue weighted by molar-refractivity contribution is -0.122. The number of carbonyl (C=O) groups excluding carboxylic acids is 2. The Balaban J connectivity index is 1.74. The Labute approximate surface area is 162 Å². The highest BCUT2D eigenvalue weighted by atomic mass is 79.9. The molecule has 0 radical (unpaired) electrons. The molecule has 0 atom stereocenters. The molecule has 0 saturated heterocycles. The fourth-order valence-corrected chi connectivity index (χ4v) is 3.34. The molecule has 2 N–H and O–H groups in total. The number of thioether (sulfide) groups is 1. The van der Waals surface area contributed by atoms with Crippen molar-refractivity contribution in [3.63, 3.8) is 0 Å². The summed E-state index contributed by atoms with van der Waals surface area (Å²) in [6.07, 6.45) is 0. The average Bonchev–Trinajstić information content (AvgIpc) is 2.55. The molecule has 0 aliphatic carbocycles. The highest BCUT2D eigenvalue weighted by Crippen LogP contribution is 2.21. The minimum Gasteiger partial charge on any atom is -0.346 e. The summed E-state index contributed by atoms with van der Waals surface area (Å²) in [5, 5.41) is 5.41. The first-order valence-electron chi connectivity index (χ1n) is 7.15.